The number of nitrogens with two attached hydrogens (primary N) is 1. The number of carbonyl (C=O) groups is 1. The van der Waals surface area contributed by atoms with Crippen LogP contribution in [0.5, 0.6) is 0 Å². The van der Waals surface area contributed by atoms with E-state index in [1.54, 1.807) is 18.2 Å². The molecule has 1 unspecified atom stereocenters. The lowest BCUT2D eigenvalue weighted by atomic mass is 10.00. The standard InChI is InChI=1S/C7H6ClNO2S/c8-7(10)4-2-1-3-5(9)6(4)12-11/h1-4H,9H2. The highest BCUT2D eigenvalue weighted by Crippen LogP contribution is 2.14. The first-order chi connectivity index (χ1) is 5.66. The Labute approximate surface area is 78.0 Å². The van der Waals surface area contributed by atoms with Crippen LogP contribution in [0.25, 0.3) is 0 Å². The molecule has 5 heteroatoms. The van der Waals surface area contributed by atoms with E-state index >= 15 is 0 Å². The number of hydrogen-bond acceptors (Lipinski definition) is 3. The van der Waals surface area contributed by atoms with Gasteiger partial charge in [0.2, 0.25) is 5.24 Å². The second-order valence-corrected chi connectivity index (χ2v) is 3.22. The van der Waals surface area contributed by atoms with Gasteiger partial charge >= 0.3 is 0 Å². The highest BCUT2D eigenvalue weighted by atomic mass is 35.5. The van der Waals surface area contributed by atoms with Crippen molar-refractivity contribution >= 4 is 33.0 Å². The zero-order valence-corrected chi connectivity index (χ0v) is 7.56. The molecule has 0 saturated heterocycles. The van der Waals surface area contributed by atoms with Gasteiger partial charge in [0.15, 0.2) is 0 Å². The molecule has 0 aliphatic heterocycles. The number of halogens is 1. The Kier molecular flexibility index (Phi) is 2.83. The van der Waals surface area contributed by atoms with Gasteiger partial charge in [-0.1, -0.05) is 12.2 Å². The van der Waals surface area contributed by atoms with E-state index in [-0.39, 0.29) is 16.1 Å². The Bertz CT molecular complexity index is 328. The third kappa shape index (κ3) is 1.65. The van der Waals surface area contributed by atoms with Crippen LogP contribution in [0.2, 0.25) is 0 Å². The van der Waals surface area contributed by atoms with Gasteiger partial charge in [0.05, 0.1) is 22.0 Å². The summed E-state index contributed by atoms with van der Waals surface area (Å²) in [6.07, 6.45) is 4.72. The molecular weight excluding hydrogens is 198 g/mol. The summed E-state index contributed by atoms with van der Waals surface area (Å²) < 4.78 is 10.5. The molecule has 3 nitrogen and oxygen atoms in total. The van der Waals surface area contributed by atoms with Gasteiger partial charge < -0.3 is 5.73 Å². The fourth-order valence-electron chi connectivity index (χ4n) is 0.898. The normalized spacial score (nSPS) is 21.9. The Morgan fingerprint density at radius 3 is 2.75 bits per heavy atom. The van der Waals surface area contributed by atoms with Crippen LogP contribution in [0.15, 0.2) is 23.9 Å². The second-order valence-electron chi connectivity index (χ2n) is 2.24. The van der Waals surface area contributed by atoms with Gasteiger partial charge in [-0.15, -0.1) is 0 Å². The molecule has 0 spiro atoms. The van der Waals surface area contributed by atoms with Crippen LogP contribution in [0.3, 0.4) is 0 Å². The molecule has 0 heterocycles. The zero-order chi connectivity index (χ0) is 9.14. The van der Waals surface area contributed by atoms with E-state index < -0.39 is 11.2 Å². The maximum absolute atomic E-state index is 10.8. The van der Waals surface area contributed by atoms with E-state index in [2.05, 4.69) is 0 Å². The highest BCUT2D eigenvalue weighted by Gasteiger charge is 2.23. The van der Waals surface area contributed by atoms with Crippen molar-refractivity contribution in [3.8, 4) is 0 Å². The number of rotatable bonds is 1. The predicted octanol–water partition coefficient (Wildman–Crippen LogP) is 0.166. The minimum Gasteiger partial charge on any atom is -0.398 e. The van der Waals surface area contributed by atoms with Gasteiger partial charge in [0, 0.05) is 5.70 Å². The van der Waals surface area contributed by atoms with E-state index in [1.807, 2.05) is 0 Å². The first kappa shape index (κ1) is 9.22. The van der Waals surface area contributed by atoms with Crippen LogP contribution < -0.4 is 5.73 Å². The molecule has 1 aliphatic rings. The van der Waals surface area contributed by atoms with Gasteiger partial charge in [-0.2, -0.15) is 0 Å². The van der Waals surface area contributed by atoms with Crippen LogP contribution >= 0.6 is 11.6 Å². The van der Waals surface area contributed by atoms with E-state index in [4.69, 9.17) is 17.3 Å². The lowest BCUT2D eigenvalue weighted by Gasteiger charge is -2.12. The average Bonchev–Trinajstić information content (AvgIpc) is 2.03. The molecule has 1 aliphatic carbocycles. The van der Waals surface area contributed by atoms with Crippen LogP contribution in [-0.2, 0) is 16.1 Å². The van der Waals surface area contributed by atoms with E-state index in [0.717, 1.165) is 0 Å². The van der Waals surface area contributed by atoms with E-state index in [1.165, 1.54) is 0 Å². The third-order valence-electron chi connectivity index (χ3n) is 1.48. The minimum absolute atomic E-state index is 0.207. The van der Waals surface area contributed by atoms with Crippen molar-refractivity contribution in [2.24, 2.45) is 11.7 Å². The summed E-state index contributed by atoms with van der Waals surface area (Å²) >= 11 is 5.46. The highest BCUT2D eigenvalue weighted by molar-refractivity contribution is 7.67. The fourth-order valence-corrected chi connectivity index (χ4v) is 1.60. The maximum atomic E-state index is 10.8. The van der Waals surface area contributed by atoms with Gasteiger partial charge in [-0.05, 0) is 17.7 Å². The van der Waals surface area contributed by atoms with Crippen molar-refractivity contribution in [2.45, 2.75) is 0 Å². The molecule has 0 aromatic heterocycles. The first-order valence-electron chi connectivity index (χ1n) is 3.17. The van der Waals surface area contributed by atoms with Gasteiger partial charge in [-0.25, -0.2) is 4.21 Å². The molecule has 0 radical (unpaired) electrons. The molecule has 12 heavy (non-hydrogen) atoms. The molecule has 0 aromatic carbocycles. The Morgan fingerprint density at radius 1 is 1.67 bits per heavy atom. The molecule has 1 atom stereocenters. The van der Waals surface area contributed by atoms with E-state index in [0.29, 0.717) is 5.70 Å². The summed E-state index contributed by atoms with van der Waals surface area (Å²) in [5.74, 6) is -0.667. The van der Waals surface area contributed by atoms with Gasteiger partial charge in [0.1, 0.15) is 0 Å². The topological polar surface area (TPSA) is 60.2 Å². The van der Waals surface area contributed by atoms with Gasteiger partial charge in [-0.3, -0.25) is 4.79 Å². The molecule has 0 saturated carbocycles. The van der Waals surface area contributed by atoms with E-state index in [9.17, 15) is 9.00 Å². The van der Waals surface area contributed by atoms with Crippen molar-refractivity contribution in [1.82, 2.24) is 0 Å². The third-order valence-corrected chi connectivity index (χ3v) is 2.38. The van der Waals surface area contributed by atoms with Gasteiger partial charge in [0.25, 0.3) is 0 Å². The van der Waals surface area contributed by atoms with Crippen LogP contribution in [0.1, 0.15) is 0 Å². The number of carbonyl (C=O) groups excluding carboxylic acids is 1. The SMILES string of the molecule is NC1=CC=CC(C(=O)Cl)C1=S=O. The Morgan fingerprint density at radius 2 is 2.33 bits per heavy atom. The molecule has 1 rings (SSSR count). The lowest BCUT2D eigenvalue weighted by molar-refractivity contribution is -0.112. The Balaban J connectivity index is 3.09. The molecule has 0 fully saturated rings. The maximum Gasteiger partial charge on any atom is 0.233 e. The average molecular weight is 204 g/mol. The summed E-state index contributed by atoms with van der Waals surface area (Å²) in [5, 5.41) is -0.583. The number of allylic oxidation sites excluding steroid dienone is 4. The summed E-state index contributed by atoms with van der Waals surface area (Å²) in [7, 11) is 0. The van der Waals surface area contributed by atoms with Crippen molar-refractivity contribution in [3.05, 3.63) is 23.9 Å². The summed E-state index contributed by atoms with van der Waals surface area (Å²) in [6.45, 7) is 0. The van der Waals surface area contributed by atoms with Crippen LogP contribution in [0, 0.1) is 5.92 Å². The molecule has 0 amide bonds. The molecule has 2 N–H and O–H groups in total. The molecule has 0 bridgehead atoms. The summed E-state index contributed by atoms with van der Waals surface area (Å²) in [6, 6.07) is 0. The molecule has 0 aromatic rings. The second kappa shape index (κ2) is 3.69. The lowest BCUT2D eigenvalue weighted by Crippen LogP contribution is -2.26. The number of hydrogen-bond donors (Lipinski definition) is 1. The quantitative estimate of drug-likeness (QED) is 0.488. The first-order valence-corrected chi connectivity index (χ1v) is 4.29. The largest absolute Gasteiger partial charge is 0.398 e. The monoisotopic (exact) mass is 203 g/mol. The zero-order valence-electron chi connectivity index (χ0n) is 5.99. The van der Waals surface area contributed by atoms with Crippen molar-refractivity contribution < 1.29 is 9.00 Å². The summed E-state index contributed by atoms with van der Waals surface area (Å²) in [5.41, 5.74) is 5.78. The van der Waals surface area contributed by atoms with Crippen molar-refractivity contribution in [1.29, 1.82) is 0 Å². The minimum atomic E-state index is -0.667. The van der Waals surface area contributed by atoms with Crippen molar-refractivity contribution in [3.63, 3.8) is 0 Å². The fraction of sp³-hybridized carbons (Fsp3) is 0.143. The Hall–Kier alpha value is -0.870. The summed E-state index contributed by atoms with van der Waals surface area (Å²) in [4.78, 5) is 11.0. The molecule has 64 valence electrons. The van der Waals surface area contributed by atoms with Crippen LogP contribution in [-0.4, -0.2) is 14.3 Å². The van der Waals surface area contributed by atoms with Crippen molar-refractivity contribution in [2.75, 3.05) is 0 Å². The molecular formula is C7H6ClNO2S. The smallest absolute Gasteiger partial charge is 0.233 e. The van der Waals surface area contributed by atoms with Crippen LogP contribution in [0.4, 0.5) is 0 Å². The predicted molar refractivity (Wildman–Crippen MR) is 48.9 cm³/mol.